The maximum absolute atomic E-state index is 12.7. The first-order valence-electron chi connectivity index (χ1n) is 12.4. The zero-order valence-corrected chi connectivity index (χ0v) is 27.0. The summed E-state index contributed by atoms with van der Waals surface area (Å²) in [5, 5.41) is 10.4. The fraction of sp³-hybridized carbons (Fsp3) is 0.296. The Morgan fingerprint density at radius 3 is 2.56 bits per heavy atom. The zero-order chi connectivity index (χ0) is 29.9. The molecular formula is C27H28BrIN4O7S. The number of hydrogen-bond donors (Lipinski definition) is 3. The predicted molar refractivity (Wildman–Crippen MR) is 168 cm³/mol. The number of para-hydroxylation sites is 1. The van der Waals surface area contributed by atoms with Crippen LogP contribution in [0.15, 0.2) is 57.2 Å². The van der Waals surface area contributed by atoms with E-state index in [9.17, 15) is 14.4 Å². The fourth-order valence-electron chi connectivity index (χ4n) is 3.74. The van der Waals surface area contributed by atoms with Gasteiger partial charge in [-0.2, -0.15) is 5.10 Å². The summed E-state index contributed by atoms with van der Waals surface area (Å²) < 4.78 is 22.8. The minimum Gasteiger partial charge on any atom is -0.483 e. The van der Waals surface area contributed by atoms with E-state index in [-0.39, 0.29) is 26.4 Å². The highest BCUT2D eigenvalue weighted by atomic mass is 127. The Morgan fingerprint density at radius 2 is 1.85 bits per heavy atom. The molecule has 0 bridgehead atoms. The average molecular weight is 759 g/mol. The van der Waals surface area contributed by atoms with Gasteiger partial charge in [-0.1, -0.05) is 18.2 Å². The van der Waals surface area contributed by atoms with Crippen molar-refractivity contribution >= 4 is 79.9 Å². The quantitative estimate of drug-likeness (QED) is 0.0963. The number of carbonyl (C=O) groups is 3. The van der Waals surface area contributed by atoms with Gasteiger partial charge in [0.15, 0.2) is 18.3 Å². The summed E-state index contributed by atoms with van der Waals surface area (Å²) in [7, 11) is 0. The maximum Gasteiger partial charge on any atom is 0.344 e. The van der Waals surface area contributed by atoms with Crippen molar-refractivity contribution in [2.45, 2.75) is 26.8 Å². The van der Waals surface area contributed by atoms with Gasteiger partial charge in [-0.3, -0.25) is 4.79 Å². The number of hydrogen-bond acceptors (Lipinski definition) is 9. The van der Waals surface area contributed by atoms with Crippen molar-refractivity contribution in [2.24, 2.45) is 5.10 Å². The molecule has 1 atom stereocenters. The Kier molecular flexibility index (Phi) is 12.3. The van der Waals surface area contributed by atoms with Gasteiger partial charge in [0.2, 0.25) is 0 Å². The third-order valence-electron chi connectivity index (χ3n) is 5.42. The summed E-state index contributed by atoms with van der Waals surface area (Å²) in [6.07, 6.45) is 1.47. The average Bonchev–Trinajstić information content (AvgIpc) is 2.91. The van der Waals surface area contributed by atoms with E-state index < -0.39 is 23.9 Å². The van der Waals surface area contributed by atoms with Crippen molar-refractivity contribution < 1.29 is 33.3 Å². The second-order valence-corrected chi connectivity index (χ2v) is 10.7. The zero-order valence-electron chi connectivity index (χ0n) is 22.4. The molecule has 1 heterocycles. The lowest BCUT2D eigenvalue weighted by atomic mass is 9.95. The highest BCUT2D eigenvalue weighted by Gasteiger charge is 2.32. The van der Waals surface area contributed by atoms with Gasteiger partial charge >= 0.3 is 11.9 Å². The van der Waals surface area contributed by atoms with Crippen LogP contribution in [0.1, 0.15) is 37.9 Å². The third kappa shape index (κ3) is 9.13. The minimum atomic E-state index is -0.634. The number of halogens is 2. The van der Waals surface area contributed by atoms with Crippen molar-refractivity contribution in [1.29, 1.82) is 0 Å². The van der Waals surface area contributed by atoms with E-state index in [1.165, 1.54) is 6.21 Å². The van der Waals surface area contributed by atoms with E-state index in [1.807, 2.05) is 0 Å². The Labute approximate surface area is 264 Å². The molecule has 3 N–H and O–H groups in total. The Morgan fingerprint density at radius 1 is 1.12 bits per heavy atom. The summed E-state index contributed by atoms with van der Waals surface area (Å²) in [5.41, 5.74) is 4.65. The molecule has 2 aromatic carbocycles. The molecular weight excluding hydrogens is 731 g/mol. The molecule has 0 spiro atoms. The highest BCUT2D eigenvalue weighted by Crippen LogP contribution is 2.34. The molecule has 14 heteroatoms. The van der Waals surface area contributed by atoms with Crippen molar-refractivity contribution in [3.8, 4) is 11.5 Å². The molecule has 1 aliphatic heterocycles. The predicted octanol–water partition coefficient (Wildman–Crippen LogP) is 3.88. The number of ether oxygens (including phenoxy) is 4. The molecule has 218 valence electrons. The third-order valence-corrected chi connectivity index (χ3v) is 7.03. The summed E-state index contributed by atoms with van der Waals surface area (Å²) >= 11 is 10.8. The second-order valence-electron chi connectivity index (χ2n) is 8.32. The summed E-state index contributed by atoms with van der Waals surface area (Å²) in [5.74, 6) is -0.563. The standard InChI is InChI=1S/C27H28BrIN4O7S/c1-4-37-22(35)14-40-25-18(28)10-16(11-19(25)29)12-30-33-21(34)13-39-20-9-7-6-8-17(20)24-23(26(36)38-5-2)15(3)31-27(41)32-24/h6-12,24H,4-5,13-14H2,1-3H3,(H,33,34)(H2,31,32,41)/t24-/m1/s1. The number of rotatable bonds is 12. The number of esters is 2. The number of hydrazone groups is 1. The van der Waals surface area contributed by atoms with E-state index in [2.05, 4.69) is 59.7 Å². The van der Waals surface area contributed by atoms with Gasteiger partial charge in [0, 0.05) is 11.3 Å². The number of carbonyl (C=O) groups excluding carboxylic acids is 3. The lowest BCUT2D eigenvalue weighted by Gasteiger charge is -2.30. The van der Waals surface area contributed by atoms with Gasteiger partial charge in [0.25, 0.3) is 5.91 Å². The second kappa shape index (κ2) is 15.7. The van der Waals surface area contributed by atoms with Gasteiger partial charge in [-0.05, 0) is 95.3 Å². The minimum absolute atomic E-state index is 0.213. The van der Waals surface area contributed by atoms with Crippen LogP contribution in [0.5, 0.6) is 11.5 Å². The summed E-state index contributed by atoms with van der Waals surface area (Å²) in [4.78, 5) is 36.8. The van der Waals surface area contributed by atoms with E-state index in [0.717, 1.165) is 3.57 Å². The first-order valence-corrected chi connectivity index (χ1v) is 14.7. The Balaban J connectivity index is 1.64. The van der Waals surface area contributed by atoms with Crippen LogP contribution in [0.25, 0.3) is 0 Å². The molecule has 0 aromatic heterocycles. The summed E-state index contributed by atoms with van der Waals surface area (Å²) in [6, 6.07) is 9.91. The van der Waals surface area contributed by atoms with Crippen molar-refractivity contribution in [3.63, 3.8) is 0 Å². The molecule has 0 radical (unpaired) electrons. The molecule has 11 nitrogen and oxygen atoms in total. The molecule has 3 rings (SSSR count). The lowest BCUT2D eigenvalue weighted by Crippen LogP contribution is -2.45. The van der Waals surface area contributed by atoms with Crippen LogP contribution in [0.4, 0.5) is 0 Å². The van der Waals surface area contributed by atoms with E-state index in [1.54, 1.807) is 57.2 Å². The fourth-order valence-corrected chi connectivity index (χ4v) is 5.78. The molecule has 0 fully saturated rings. The van der Waals surface area contributed by atoms with Crippen molar-refractivity contribution in [2.75, 3.05) is 26.4 Å². The Bertz CT molecular complexity index is 1360. The number of benzene rings is 2. The number of allylic oxidation sites excluding steroid dienone is 1. The van der Waals surface area contributed by atoms with Crippen molar-refractivity contribution in [3.05, 3.63) is 66.8 Å². The van der Waals surface area contributed by atoms with Crippen LogP contribution in [0, 0.1) is 3.57 Å². The van der Waals surface area contributed by atoms with Gasteiger partial charge in [-0.25, -0.2) is 15.0 Å². The number of nitrogens with zero attached hydrogens (tertiary/aromatic N) is 1. The van der Waals surface area contributed by atoms with E-state index in [0.29, 0.717) is 43.5 Å². The number of nitrogens with one attached hydrogen (secondary N) is 3. The first kappa shape index (κ1) is 32.3. The molecule has 2 aromatic rings. The molecule has 0 saturated heterocycles. The molecule has 41 heavy (non-hydrogen) atoms. The summed E-state index contributed by atoms with van der Waals surface area (Å²) in [6.45, 7) is 5.14. The molecule has 0 aliphatic carbocycles. The highest BCUT2D eigenvalue weighted by molar-refractivity contribution is 14.1. The number of amides is 1. The largest absolute Gasteiger partial charge is 0.483 e. The number of thiocarbonyl (C=S) groups is 1. The van der Waals surface area contributed by atoms with Crippen LogP contribution < -0.4 is 25.5 Å². The molecule has 0 unspecified atom stereocenters. The molecule has 1 amide bonds. The van der Waals surface area contributed by atoms with Gasteiger partial charge in [0.05, 0.1) is 39.1 Å². The smallest absolute Gasteiger partial charge is 0.344 e. The SMILES string of the molecule is CCOC(=O)COc1c(Br)cc(C=NNC(=O)COc2ccccc2[C@H]2NC(=S)NC(C)=C2C(=O)OCC)cc1I. The Hall–Kier alpha value is -3.24. The van der Waals surface area contributed by atoms with Crippen LogP contribution >= 0.6 is 50.7 Å². The van der Waals surface area contributed by atoms with Gasteiger partial charge < -0.3 is 29.6 Å². The van der Waals surface area contributed by atoms with Crippen LogP contribution in [0.3, 0.4) is 0 Å². The van der Waals surface area contributed by atoms with E-state index in [4.69, 9.17) is 31.2 Å². The van der Waals surface area contributed by atoms with Gasteiger partial charge in [0.1, 0.15) is 11.5 Å². The maximum atomic E-state index is 12.7. The normalized spacial score (nSPS) is 14.7. The van der Waals surface area contributed by atoms with Crippen molar-refractivity contribution in [1.82, 2.24) is 16.1 Å². The van der Waals surface area contributed by atoms with Gasteiger partial charge in [-0.15, -0.1) is 0 Å². The molecule has 0 saturated carbocycles. The monoisotopic (exact) mass is 758 g/mol. The van der Waals surface area contributed by atoms with Crippen LogP contribution in [-0.4, -0.2) is 55.6 Å². The molecule has 1 aliphatic rings. The topological polar surface area (TPSA) is 137 Å². The van der Waals surface area contributed by atoms with Crippen LogP contribution in [-0.2, 0) is 23.9 Å². The van der Waals surface area contributed by atoms with Crippen LogP contribution in [0.2, 0.25) is 0 Å². The van der Waals surface area contributed by atoms with E-state index >= 15 is 0 Å². The lowest BCUT2D eigenvalue weighted by molar-refractivity contribution is -0.145. The first-order chi connectivity index (χ1) is 19.6.